The molecule has 0 aliphatic heterocycles. The number of rotatable bonds is 4. The van der Waals surface area contributed by atoms with Crippen molar-refractivity contribution < 1.29 is 14.6 Å². The van der Waals surface area contributed by atoms with Gasteiger partial charge in [0, 0.05) is 6.07 Å². The molecule has 100 valence electrons. The first-order chi connectivity index (χ1) is 9.07. The third-order valence-corrected chi connectivity index (χ3v) is 3.25. The second-order valence-electron chi connectivity index (χ2n) is 4.54. The molecule has 0 radical (unpaired) electrons. The van der Waals surface area contributed by atoms with Gasteiger partial charge in [0.15, 0.2) is 0 Å². The summed E-state index contributed by atoms with van der Waals surface area (Å²) in [7, 11) is 3.19. The van der Waals surface area contributed by atoms with Crippen molar-refractivity contribution in [3.8, 4) is 11.5 Å². The fourth-order valence-electron chi connectivity index (χ4n) is 2.02. The Hall–Kier alpha value is -2.00. The van der Waals surface area contributed by atoms with Gasteiger partial charge in [0.2, 0.25) is 0 Å². The molecular formula is C16H18O3. The fourth-order valence-corrected chi connectivity index (χ4v) is 2.02. The summed E-state index contributed by atoms with van der Waals surface area (Å²) in [5, 5.41) is 10.8. The van der Waals surface area contributed by atoms with Gasteiger partial charge in [0.1, 0.15) is 17.1 Å². The van der Waals surface area contributed by atoms with Crippen LogP contribution < -0.4 is 9.47 Å². The monoisotopic (exact) mass is 258 g/mol. The average Bonchev–Trinajstić information content (AvgIpc) is 2.47. The van der Waals surface area contributed by atoms with E-state index in [9.17, 15) is 5.11 Å². The van der Waals surface area contributed by atoms with Crippen LogP contribution in [0.1, 0.15) is 18.1 Å². The minimum absolute atomic E-state index is 0.658. The van der Waals surface area contributed by atoms with Crippen molar-refractivity contribution in [1.82, 2.24) is 0 Å². The molecule has 0 heterocycles. The van der Waals surface area contributed by atoms with Gasteiger partial charge in [0.25, 0.3) is 0 Å². The maximum Gasteiger partial charge on any atom is 0.122 e. The van der Waals surface area contributed by atoms with E-state index in [1.165, 1.54) is 0 Å². The Bertz CT molecular complexity index is 525. The van der Waals surface area contributed by atoms with Crippen molar-refractivity contribution in [2.45, 2.75) is 12.5 Å². The lowest BCUT2D eigenvalue weighted by molar-refractivity contribution is 0.102. The van der Waals surface area contributed by atoms with E-state index < -0.39 is 5.60 Å². The molecule has 1 N–H and O–H groups in total. The summed E-state index contributed by atoms with van der Waals surface area (Å²) in [4.78, 5) is 0. The molecule has 3 nitrogen and oxygen atoms in total. The van der Waals surface area contributed by atoms with Crippen molar-refractivity contribution >= 4 is 0 Å². The fraction of sp³-hybridized carbons (Fsp3) is 0.250. The summed E-state index contributed by atoms with van der Waals surface area (Å²) >= 11 is 0. The van der Waals surface area contributed by atoms with Gasteiger partial charge < -0.3 is 14.6 Å². The van der Waals surface area contributed by atoms with Crippen molar-refractivity contribution in [3.63, 3.8) is 0 Å². The second kappa shape index (κ2) is 5.33. The zero-order chi connectivity index (χ0) is 13.9. The third-order valence-electron chi connectivity index (χ3n) is 3.25. The molecule has 0 fully saturated rings. The highest BCUT2D eigenvalue weighted by Gasteiger charge is 2.26. The van der Waals surface area contributed by atoms with Crippen LogP contribution in [-0.2, 0) is 5.60 Å². The van der Waals surface area contributed by atoms with Crippen molar-refractivity contribution in [1.29, 1.82) is 0 Å². The average molecular weight is 258 g/mol. The predicted octanol–water partition coefficient (Wildman–Crippen LogP) is 2.96. The Balaban J connectivity index is 2.51. The molecule has 0 bridgehead atoms. The predicted molar refractivity (Wildman–Crippen MR) is 74.7 cm³/mol. The molecule has 0 saturated carbocycles. The van der Waals surface area contributed by atoms with Gasteiger partial charge in [-0.3, -0.25) is 0 Å². The van der Waals surface area contributed by atoms with Crippen molar-refractivity contribution in [2.75, 3.05) is 14.2 Å². The van der Waals surface area contributed by atoms with Crippen LogP contribution >= 0.6 is 0 Å². The molecule has 0 saturated heterocycles. The molecule has 0 amide bonds. The number of methoxy groups -OCH3 is 2. The minimum atomic E-state index is -1.09. The Labute approximate surface area is 113 Å². The minimum Gasteiger partial charge on any atom is -0.497 e. The lowest BCUT2D eigenvalue weighted by atomic mass is 9.88. The highest BCUT2D eigenvalue weighted by atomic mass is 16.5. The molecule has 1 unspecified atom stereocenters. The summed E-state index contributed by atoms with van der Waals surface area (Å²) in [6.07, 6.45) is 0. The summed E-state index contributed by atoms with van der Waals surface area (Å²) < 4.78 is 10.5. The van der Waals surface area contributed by atoms with E-state index in [4.69, 9.17) is 9.47 Å². The van der Waals surface area contributed by atoms with Crippen LogP contribution in [0.5, 0.6) is 11.5 Å². The van der Waals surface area contributed by atoms with Crippen molar-refractivity contribution in [3.05, 3.63) is 59.7 Å². The van der Waals surface area contributed by atoms with Gasteiger partial charge in [-0.05, 0) is 30.2 Å². The van der Waals surface area contributed by atoms with E-state index in [1.54, 1.807) is 27.2 Å². The molecule has 1 atom stereocenters. The highest BCUT2D eigenvalue weighted by molar-refractivity contribution is 5.44. The molecule has 2 aromatic carbocycles. The first-order valence-electron chi connectivity index (χ1n) is 6.09. The SMILES string of the molecule is COc1cc(OC)cc(C(C)(O)c2ccccc2)c1. The largest absolute Gasteiger partial charge is 0.497 e. The molecular weight excluding hydrogens is 240 g/mol. The molecule has 0 aromatic heterocycles. The van der Waals surface area contributed by atoms with E-state index >= 15 is 0 Å². The Kier molecular flexibility index (Phi) is 3.76. The molecule has 2 aromatic rings. The van der Waals surface area contributed by atoms with Gasteiger partial charge in [-0.1, -0.05) is 30.3 Å². The standard InChI is InChI=1S/C16H18O3/c1-16(17,12-7-5-4-6-8-12)13-9-14(18-2)11-15(10-13)19-3/h4-11,17H,1-3H3. The number of benzene rings is 2. The molecule has 0 aliphatic carbocycles. The summed E-state index contributed by atoms with van der Waals surface area (Å²) in [6, 6.07) is 14.9. The van der Waals surface area contributed by atoms with E-state index in [0.717, 1.165) is 11.1 Å². The lowest BCUT2D eigenvalue weighted by Crippen LogP contribution is -2.22. The quantitative estimate of drug-likeness (QED) is 0.916. The third kappa shape index (κ3) is 2.71. The van der Waals surface area contributed by atoms with E-state index in [-0.39, 0.29) is 0 Å². The van der Waals surface area contributed by atoms with Crippen LogP contribution in [0.2, 0.25) is 0 Å². The highest BCUT2D eigenvalue weighted by Crippen LogP contribution is 2.34. The van der Waals surface area contributed by atoms with Crippen LogP contribution in [-0.4, -0.2) is 19.3 Å². The molecule has 3 heteroatoms. The Morgan fingerprint density at radius 1 is 0.842 bits per heavy atom. The molecule has 0 spiro atoms. The van der Waals surface area contributed by atoms with Gasteiger partial charge in [-0.15, -0.1) is 0 Å². The maximum atomic E-state index is 10.8. The van der Waals surface area contributed by atoms with Crippen LogP contribution in [0.15, 0.2) is 48.5 Å². The topological polar surface area (TPSA) is 38.7 Å². The lowest BCUT2D eigenvalue weighted by Gasteiger charge is -2.25. The second-order valence-corrected chi connectivity index (χ2v) is 4.54. The van der Waals surface area contributed by atoms with Crippen LogP contribution in [0.4, 0.5) is 0 Å². The number of hydrogen-bond donors (Lipinski definition) is 1. The molecule has 19 heavy (non-hydrogen) atoms. The summed E-state index contributed by atoms with van der Waals surface area (Å²) in [6.45, 7) is 1.76. The Morgan fingerprint density at radius 3 is 1.84 bits per heavy atom. The van der Waals surface area contributed by atoms with Crippen LogP contribution in [0, 0.1) is 0 Å². The number of aliphatic hydroxyl groups is 1. The normalized spacial score (nSPS) is 13.7. The zero-order valence-corrected chi connectivity index (χ0v) is 11.4. The zero-order valence-electron chi connectivity index (χ0n) is 11.4. The first-order valence-corrected chi connectivity index (χ1v) is 6.09. The van der Waals surface area contributed by atoms with E-state index in [1.807, 2.05) is 42.5 Å². The van der Waals surface area contributed by atoms with Gasteiger partial charge in [-0.2, -0.15) is 0 Å². The van der Waals surface area contributed by atoms with Crippen molar-refractivity contribution in [2.24, 2.45) is 0 Å². The smallest absolute Gasteiger partial charge is 0.122 e. The first kappa shape index (κ1) is 13.4. The van der Waals surface area contributed by atoms with E-state index in [0.29, 0.717) is 11.5 Å². The van der Waals surface area contributed by atoms with Gasteiger partial charge in [0.05, 0.1) is 14.2 Å². The van der Waals surface area contributed by atoms with Crippen LogP contribution in [0.3, 0.4) is 0 Å². The van der Waals surface area contributed by atoms with Gasteiger partial charge in [-0.25, -0.2) is 0 Å². The summed E-state index contributed by atoms with van der Waals surface area (Å²) in [5.41, 5.74) is 0.462. The number of ether oxygens (including phenoxy) is 2. The van der Waals surface area contributed by atoms with E-state index in [2.05, 4.69) is 0 Å². The Morgan fingerprint density at radius 2 is 1.37 bits per heavy atom. The number of hydrogen-bond acceptors (Lipinski definition) is 3. The maximum absolute atomic E-state index is 10.8. The van der Waals surface area contributed by atoms with Crippen LogP contribution in [0.25, 0.3) is 0 Å². The summed E-state index contributed by atoms with van der Waals surface area (Å²) in [5.74, 6) is 1.32. The molecule has 0 aliphatic rings. The van der Waals surface area contributed by atoms with Gasteiger partial charge >= 0.3 is 0 Å². The molecule has 2 rings (SSSR count).